The third-order valence-electron chi connectivity index (χ3n) is 3.02. The number of ether oxygens (including phenoxy) is 2. The zero-order valence-electron chi connectivity index (χ0n) is 11.0. The fourth-order valence-corrected chi connectivity index (χ4v) is 2.24. The van der Waals surface area contributed by atoms with E-state index in [0.717, 1.165) is 0 Å². The summed E-state index contributed by atoms with van der Waals surface area (Å²) in [7, 11) is 0. The van der Waals surface area contributed by atoms with Gasteiger partial charge in [-0.25, -0.2) is 4.79 Å². The molecule has 1 atom stereocenters. The van der Waals surface area contributed by atoms with Crippen LogP contribution >= 0.6 is 0 Å². The first kappa shape index (κ1) is 14.5. The van der Waals surface area contributed by atoms with E-state index in [1.807, 2.05) is 0 Å². The first-order valence-corrected chi connectivity index (χ1v) is 6.71. The largest absolute Gasteiger partial charge is 0.464 e. The molecule has 1 unspecified atom stereocenters. The molecular formula is C13H25NO3. The van der Waals surface area contributed by atoms with Crippen molar-refractivity contribution in [2.75, 3.05) is 19.8 Å². The summed E-state index contributed by atoms with van der Waals surface area (Å²) in [4.78, 5) is 11.0. The Balaban J connectivity index is 2.03. The lowest BCUT2D eigenvalue weighted by Gasteiger charge is -2.26. The van der Waals surface area contributed by atoms with E-state index >= 15 is 0 Å². The van der Waals surface area contributed by atoms with Crippen molar-refractivity contribution in [2.45, 2.75) is 58.0 Å². The Morgan fingerprint density at radius 2 is 2.06 bits per heavy atom. The molecule has 0 aromatic carbocycles. The van der Waals surface area contributed by atoms with E-state index in [1.165, 1.54) is 32.1 Å². The summed E-state index contributed by atoms with van der Waals surface area (Å²) >= 11 is 0. The second-order valence-corrected chi connectivity index (χ2v) is 4.72. The van der Waals surface area contributed by atoms with Crippen molar-refractivity contribution >= 4 is 5.97 Å². The van der Waals surface area contributed by atoms with E-state index in [4.69, 9.17) is 9.47 Å². The molecule has 0 aliphatic heterocycles. The average Bonchev–Trinajstić information content (AvgIpc) is 2.30. The number of carbonyl (C=O) groups excluding carboxylic acids is 1. The van der Waals surface area contributed by atoms with Gasteiger partial charge in [0.15, 0.2) is 0 Å². The Hall–Kier alpha value is -0.610. The molecule has 1 rings (SSSR count). The molecule has 100 valence electrons. The van der Waals surface area contributed by atoms with Crippen LogP contribution < -0.4 is 5.32 Å². The highest BCUT2D eigenvalue weighted by Gasteiger charge is 2.15. The molecule has 1 fully saturated rings. The van der Waals surface area contributed by atoms with Crippen LogP contribution in [0.4, 0.5) is 0 Å². The van der Waals surface area contributed by atoms with Crippen LogP contribution in [-0.4, -0.2) is 37.9 Å². The van der Waals surface area contributed by atoms with Crippen molar-refractivity contribution in [3.05, 3.63) is 0 Å². The monoisotopic (exact) mass is 243 g/mol. The lowest BCUT2D eigenvalue weighted by atomic mass is 9.95. The second kappa shape index (κ2) is 8.48. The van der Waals surface area contributed by atoms with Gasteiger partial charge in [0.25, 0.3) is 0 Å². The summed E-state index contributed by atoms with van der Waals surface area (Å²) in [6.07, 6.45) is 6.55. The maximum atomic E-state index is 11.0. The van der Waals surface area contributed by atoms with Crippen LogP contribution in [0.5, 0.6) is 0 Å². The van der Waals surface area contributed by atoms with Crippen molar-refractivity contribution in [3.8, 4) is 0 Å². The summed E-state index contributed by atoms with van der Waals surface area (Å²) in [6.45, 7) is 4.93. The predicted molar refractivity (Wildman–Crippen MR) is 66.9 cm³/mol. The Morgan fingerprint density at radius 3 is 2.71 bits per heavy atom. The highest BCUT2D eigenvalue weighted by molar-refractivity contribution is 5.70. The average molecular weight is 243 g/mol. The van der Waals surface area contributed by atoms with Crippen LogP contribution in [-0.2, 0) is 14.3 Å². The third kappa shape index (κ3) is 6.64. The predicted octanol–water partition coefficient (Wildman–Crippen LogP) is 1.88. The van der Waals surface area contributed by atoms with Crippen molar-refractivity contribution in [1.82, 2.24) is 5.32 Å². The Morgan fingerprint density at radius 1 is 1.35 bits per heavy atom. The van der Waals surface area contributed by atoms with Gasteiger partial charge in [0.1, 0.15) is 6.61 Å². The van der Waals surface area contributed by atoms with E-state index in [9.17, 15) is 4.79 Å². The van der Waals surface area contributed by atoms with Gasteiger partial charge in [0.05, 0.1) is 13.2 Å². The second-order valence-electron chi connectivity index (χ2n) is 4.72. The van der Waals surface area contributed by atoms with E-state index in [2.05, 4.69) is 12.2 Å². The quantitative estimate of drug-likeness (QED) is 0.694. The molecule has 0 saturated heterocycles. The van der Waals surface area contributed by atoms with E-state index < -0.39 is 0 Å². The molecule has 4 heteroatoms. The fourth-order valence-electron chi connectivity index (χ4n) is 2.24. The number of nitrogens with one attached hydrogen (secondary N) is 1. The summed E-state index contributed by atoms with van der Waals surface area (Å²) in [5, 5.41) is 3.55. The smallest absolute Gasteiger partial charge is 0.332 e. The summed E-state index contributed by atoms with van der Waals surface area (Å²) in [5.41, 5.74) is 0. The minimum Gasteiger partial charge on any atom is -0.464 e. The summed E-state index contributed by atoms with van der Waals surface area (Å²) in [5.74, 6) is -0.280. The van der Waals surface area contributed by atoms with Crippen molar-refractivity contribution in [3.63, 3.8) is 0 Å². The Kier molecular flexibility index (Phi) is 7.21. The van der Waals surface area contributed by atoms with Gasteiger partial charge in [-0.3, -0.25) is 0 Å². The zero-order chi connectivity index (χ0) is 12.5. The topological polar surface area (TPSA) is 47.6 Å². The maximum Gasteiger partial charge on any atom is 0.332 e. The van der Waals surface area contributed by atoms with Crippen LogP contribution in [0.25, 0.3) is 0 Å². The molecule has 0 radical (unpaired) electrons. The minimum atomic E-state index is -0.280. The molecule has 0 amide bonds. The molecule has 0 aromatic heterocycles. The number of hydrogen-bond acceptors (Lipinski definition) is 4. The molecule has 1 saturated carbocycles. The first-order valence-electron chi connectivity index (χ1n) is 6.71. The van der Waals surface area contributed by atoms with Crippen LogP contribution in [0.3, 0.4) is 0 Å². The minimum absolute atomic E-state index is 0.0600. The zero-order valence-corrected chi connectivity index (χ0v) is 11.0. The standard InChI is InChI=1S/C13H25NO3/c1-3-17-13(15)10-16-9-11(2)14-12-7-5-4-6-8-12/h11-12,14H,3-10H2,1-2H3. The van der Waals surface area contributed by atoms with Gasteiger partial charge >= 0.3 is 5.97 Å². The van der Waals surface area contributed by atoms with Crippen LogP contribution in [0.1, 0.15) is 46.0 Å². The Bertz CT molecular complexity index is 215. The van der Waals surface area contributed by atoms with E-state index in [-0.39, 0.29) is 12.6 Å². The van der Waals surface area contributed by atoms with Gasteiger partial charge < -0.3 is 14.8 Å². The first-order chi connectivity index (χ1) is 8.22. The van der Waals surface area contributed by atoms with Gasteiger partial charge in [-0.1, -0.05) is 19.3 Å². The summed E-state index contributed by atoms with van der Waals surface area (Å²) < 4.78 is 10.1. The number of esters is 1. The normalized spacial score (nSPS) is 18.9. The highest BCUT2D eigenvalue weighted by atomic mass is 16.6. The Labute approximate surface area is 104 Å². The maximum absolute atomic E-state index is 11.0. The van der Waals surface area contributed by atoms with Gasteiger partial charge in [-0.2, -0.15) is 0 Å². The van der Waals surface area contributed by atoms with Gasteiger partial charge in [0, 0.05) is 12.1 Å². The van der Waals surface area contributed by atoms with Crippen LogP contribution in [0.2, 0.25) is 0 Å². The molecule has 17 heavy (non-hydrogen) atoms. The van der Waals surface area contributed by atoms with Crippen LogP contribution in [0, 0.1) is 0 Å². The number of carbonyl (C=O) groups is 1. The van der Waals surface area contributed by atoms with E-state index in [1.54, 1.807) is 6.92 Å². The van der Waals surface area contributed by atoms with Gasteiger partial charge in [-0.15, -0.1) is 0 Å². The molecule has 1 N–H and O–H groups in total. The fraction of sp³-hybridized carbons (Fsp3) is 0.923. The summed E-state index contributed by atoms with van der Waals surface area (Å²) in [6, 6.07) is 0.928. The van der Waals surface area contributed by atoms with Crippen molar-refractivity contribution in [1.29, 1.82) is 0 Å². The lowest BCUT2D eigenvalue weighted by molar-refractivity contribution is -0.148. The van der Waals surface area contributed by atoms with Crippen molar-refractivity contribution in [2.24, 2.45) is 0 Å². The molecular weight excluding hydrogens is 218 g/mol. The van der Waals surface area contributed by atoms with Gasteiger partial charge in [0.2, 0.25) is 0 Å². The number of rotatable bonds is 7. The van der Waals surface area contributed by atoms with Crippen LogP contribution in [0.15, 0.2) is 0 Å². The molecule has 1 aliphatic carbocycles. The number of hydrogen-bond donors (Lipinski definition) is 1. The molecule has 1 aliphatic rings. The highest BCUT2D eigenvalue weighted by Crippen LogP contribution is 2.17. The van der Waals surface area contributed by atoms with Crippen molar-refractivity contribution < 1.29 is 14.3 Å². The SMILES string of the molecule is CCOC(=O)COCC(C)NC1CCCCC1. The molecule has 0 bridgehead atoms. The molecule has 0 spiro atoms. The molecule has 4 nitrogen and oxygen atoms in total. The molecule has 0 aromatic rings. The molecule has 0 heterocycles. The van der Waals surface area contributed by atoms with E-state index in [0.29, 0.717) is 25.3 Å². The lowest BCUT2D eigenvalue weighted by Crippen LogP contribution is -2.40. The van der Waals surface area contributed by atoms with Gasteiger partial charge in [-0.05, 0) is 26.7 Å². The third-order valence-corrected chi connectivity index (χ3v) is 3.02.